The van der Waals surface area contributed by atoms with Crippen molar-refractivity contribution in [2.75, 3.05) is 64.6 Å². The molecule has 0 radical (unpaired) electrons. The molecule has 0 aliphatic carbocycles. The van der Waals surface area contributed by atoms with Crippen molar-refractivity contribution in [3.63, 3.8) is 0 Å². The second-order valence-electron chi connectivity index (χ2n) is 15.7. The van der Waals surface area contributed by atoms with Gasteiger partial charge in [-0.2, -0.15) is 0 Å². The minimum absolute atomic E-state index is 0.0129. The third-order valence-electron chi connectivity index (χ3n) is 8.90. The number of hydrogen-bond donors (Lipinski definition) is 7. The first-order valence-electron chi connectivity index (χ1n) is 20.9. The number of nitrogens with zero attached hydrogens (tertiary/aromatic N) is 1. The van der Waals surface area contributed by atoms with Crippen LogP contribution >= 0.6 is 0 Å². The second-order valence-corrected chi connectivity index (χ2v) is 15.7. The van der Waals surface area contributed by atoms with Crippen LogP contribution in [0, 0.1) is 11.3 Å². The molecule has 1 aromatic carbocycles. The Morgan fingerprint density at radius 3 is 1.95 bits per heavy atom. The van der Waals surface area contributed by atoms with Crippen molar-refractivity contribution in [1.29, 1.82) is 0 Å². The molecule has 1 aliphatic heterocycles. The van der Waals surface area contributed by atoms with Gasteiger partial charge in [-0.3, -0.25) is 28.8 Å². The van der Waals surface area contributed by atoms with Gasteiger partial charge in [0, 0.05) is 56.6 Å². The second kappa shape index (κ2) is 28.7. The number of amides is 9. The van der Waals surface area contributed by atoms with E-state index in [1.807, 2.05) is 20.8 Å². The molecular weight excluding hydrogens is 828 g/mol. The number of primary amides is 1. The van der Waals surface area contributed by atoms with Crippen molar-refractivity contribution < 1.29 is 66.9 Å². The average Bonchev–Trinajstić information content (AvgIpc) is 3.53. The van der Waals surface area contributed by atoms with E-state index >= 15 is 0 Å². The van der Waals surface area contributed by atoms with Crippen LogP contribution in [0.5, 0.6) is 0 Å². The zero-order valence-electron chi connectivity index (χ0n) is 36.8. The summed E-state index contributed by atoms with van der Waals surface area (Å²) in [6.45, 7) is 10.9. The molecule has 0 saturated carbocycles. The van der Waals surface area contributed by atoms with Gasteiger partial charge < -0.3 is 61.4 Å². The van der Waals surface area contributed by atoms with E-state index in [9.17, 15) is 43.2 Å². The highest BCUT2D eigenvalue weighted by molar-refractivity contribution is 6.01. The topological polar surface area (TPSA) is 301 Å². The summed E-state index contributed by atoms with van der Waals surface area (Å²) in [4.78, 5) is 115. The number of benzene rings is 1. The molecule has 0 unspecified atom stereocenters. The number of nitrogens with one attached hydrogen (secondary N) is 6. The number of hydrogen-bond acceptors (Lipinski definition) is 14. The molecule has 0 spiro atoms. The zero-order chi connectivity index (χ0) is 46.8. The largest absolute Gasteiger partial charge is 0.445 e. The summed E-state index contributed by atoms with van der Waals surface area (Å²) in [5.74, 6) is -4.02. The number of hydroxylamine groups is 2. The summed E-state index contributed by atoms with van der Waals surface area (Å²) in [7, 11) is 0. The quantitative estimate of drug-likeness (QED) is 0.0435. The fraction of sp³-hybridized carbons (Fsp3) is 0.634. The maximum Gasteiger partial charge on any atom is 0.407 e. The van der Waals surface area contributed by atoms with E-state index in [0.717, 1.165) is 0 Å². The Morgan fingerprint density at radius 2 is 1.35 bits per heavy atom. The molecule has 1 saturated heterocycles. The third-order valence-corrected chi connectivity index (χ3v) is 8.90. The Labute approximate surface area is 367 Å². The smallest absolute Gasteiger partial charge is 0.407 e. The van der Waals surface area contributed by atoms with Gasteiger partial charge in [0.1, 0.15) is 18.7 Å². The summed E-state index contributed by atoms with van der Waals surface area (Å²) < 4.78 is 21.5. The molecule has 1 aliphatic rings. The number of carbonyl (C=O) groups is 9. The highest BCUT2D eigenvalue weighted by Crippen LogP contribution is 2.15. The van der Waals surface area contributed by atoms with Gasteiger partial charge in [-0.25, -0.2) is 14.4 Å². The number of carbonyl (C=O) groups excluding carboxylic acids is 9. The summed E-state index contributed by atoms with van der Waals surface area (Å²) in [6.07, 6.45) is -0.261. The van der Waals surface area contributed by atoms with Crippen LogP contribution in [0.2, 0.25) is 0 Å². The van der Waals surface area contributed by atoms with Crippen molar-refractivity contribution in [3.05, 3.63) is 29.8 Å². The molecule has 1 heterocycles. The minimum atomic E-state index is -1.07. The molecule has 22 heteroatoms. The lowest BCUT2D eigenvalue weighted by atomic mass is 9.96. The summed E-state index contributed by atoms with van der Waals surface area (Å²) >= 11 is 0. The number of rotatable bonds is 29. The standard InChI is InChI=1S/C41H64N8O14/c1-27(2)35(48-31(50)9-7-20-59-21-16-34(53)63-49-32(51)14-15-33(49)52)37(55)47-30(8-6-17-44-39(42)57)36(54)46-29-12-10-28(11-13-29)26-62-40(58)45-19-23-61-25-24-60-22-18-43-38(56)41(3,4)5/h10-13,27,30,35H,6-9,14-26H2,1-5H3,(H,43,56)(H,45,58)(H,46,54)(H,47,55)(H,48,50)(H3,42,44,57)/t30-,35-/m1/s1. The molecule has 0 aromatic heterocycles. The molecule has 63 heavy (non-hydrogen) atoms. The van der Waals surface area contributed by atoms with Crippen molar-refractivity contribution in [2.24, 2.45) is 17.1 Å². The molecule has 8 N–H and O–H groups in total. The molecule has 22 nitrogen and oxygen atoms in total. The summed E-state index contributed by atoms with van der Waals surface area (Å²) in [5.41, 5.74) is 5.72. The van der Waals surface area contributed by atoms with Crippen molar-refractivity contribution >= 4 is 59.2 Å². The van der Waals surface area contributed by atoms with Gasteiger partial charge in [0.2, 0.25) is 23.6 Å². The van der Waals surface area contributed by atoms with E-state index in [1.165, 1.54) is 0 Å². The lowest BCUT2D eigenvalue weighted by Gasteiger charge is -2.25. The van der Waals surface area contributed by atoms with Crippen LogP contribution in [0.1, 0.15) is 85.1 Å². The molecule has 0 bridgehead atoms. The molecule has 2 rings (SSSR count). The predicted molar refractivity (Wildman–Crippen MR) is 225 cm³/mol. The van der Waals surface area contributed by atoms with E-state index in [0.29, 0.717) is 42.7 Å². The Bertz CT molecular complexity index is 1670. The van der Waals surface area contributed by atoms with Gasteiger partial charge in [0.05, 0.1) is 39.5 Å². The minimum Gasteiger partial charge on any atom is -0.445 e. The maximum absolute atomic E-state index is 13.5. The Balaban J connectivity index is 1.76. The average molecular weight is 893 g/mol. The molecule has 352 valence electrons. The highest BCUT2D eigenvalue weighted by atomic mass is 16.7. The van der Waals surface area contributed by atoms with Gasteiger partial charge in [0.15, 0.2) is 0 Å². The lowest BCUT2D eigenvalue weighted by Crippen LogP contribution is -2.54. The molecular formula is C41H64N8O14. The first kappa shape index (κ1) is 53.3. The SMILES string of the molecule is CC(C)[C@@H](NC(=O)CCCOCCC(=O)ON1C(=O)CCC1=O)C(=O)N[C@H](CCCNC(N)=O)C(=O)Nc1ccc(COC(=O)NCCOCCOCCNC(=O)C(C)(C)C)cc1. The first-order chi connectivity index (χ1) is 29.9. The normalized spacial score (nSPS) is 13.5. The fourth-order valence-corrected chi connectivity index (χ4v) is 5.39. The van der Waals surface area contributed by atoms with E-state index < -0.39 is 65.1 Å². The number of imide groups is 1. The van der Waals surface area contributed by atoms with Crippen molar-refractivity contribution in [3.8, 4) is 0 Å². The van der Waals surface area contributed by atoms with Crippen LogP contribution in [0.15, 0.2) is 24.3 Å². The van der Waals surface area contributed by atoms with E-state index in [-0.39, 0.29) is 96.3 Å². The molecule has 9 amide bonds. The van der Waals surface area contributed by atoms with E-state index in [2.05, 4.69) is 31.9 Å². The number of alkyl carbamates (subject to hydrolysis) is 1. The summed E-state index contributed by atoms with van der Waals surface area (Å²) in [6, 6.07) is 3.69. The highest BCUT2D eigenvalue weighted by Gasteiger charge is 2.33. The van der Waals surface area contributed by atoms with Crippen LogP contribution in [0.25, 0.3) is 0 Å². The Hall–Kier alpha value is -5.87. The van der Waals surface area contributed by atoms with Crippen LogP contribution in [-0.2, 0) is 64.0 Å². The van der Waals surface area contributed by atoms with Crippen LogP contribution < -0.4 is 37.6 Å². The van der Waals surface area contributed by atoms with Gasteiger partial charge in [-0.15, -0.1) is 5.06 Å². The fourth-order valence-electron chi connectivity index (χ4n) is 5.39. The lowest BCUT2D eigenvalue weighted by molar-refractivity contribution is -0.198. The third kappa shape index (κ3) is 22.7. The van der Waals surface area contributed by atoms with E-state index in [4.69, 9.17) is 29.5 Å². The van der Waals surface area contributed by atoms with Crippen molar-refractivity contribution in [2.45, 2.75) is 98.3 Å². The molecule has 2 atom stereocenters. The van der Waals surface area contributed by atoms with Gasteiger partial charge in [-0.1, -0.05) is 46.8 Å². The van der Waals surface area contributed by atoms with Crippen LogP contribution in [0.3, 0.4) is 0 Å². The molecule has 1 aromatic rings. The zero-order valence-corrected chi connectivity index (χ0v) is 36.8. The Morgan fingerprint density at radius 1 is 0.730 bits per heavy atom. The number of anilines is 1. The van der Waals surface area contributed by atoms with Gasteiger partial charge in [-0.05, 0) is 42.9 Å². The van der Waals surface area contributed by atoms with Gasteiger partial charge in [0.25, 0.3) is 11.8 Å². The number of ether oxygens (including phenoxy) is 4. The number of nitrogens with two attached hydrogens (primary N) is 1. The van der Waals surface area contributed by atoms with Crippen LogP contribution in [0.4, 0.5) is 15.3 Å². The monoisotopic (exact) mass is 892 g/mol. The first-order valence-corrected chi connectivity index (χ1v) is 20.9. The summed E-state index contributed by atoms with van der Waals surface area (Å²) in [5, 5.41) is 16.4. The number of urea groups is 1. The Kier molecular flexibility index (Phi) is 24.2. The predicted octanol–water partition coefficient (Wildman–Crippen LogP) is 0.915. The molecule has 1 fully saturated rings. The maximum atomic E-state index is 13.5. The van der Waals surface area contributed by atoms with Crippen molar-refractivity contribution in [1.82, 2.24) is 31.6 Å². The van der Waals surface area contributed by atoms with Gasteiger partial charge >= 0.3 is 18.1 Å². The van der Waals surface area contributed by atoms with Crippen LogP contribution in [-0.4, -0.2) is 130 Å². The van der Waals surface area contributed by atoms with E-state index in [1.54, 1.807) is 38.1 Å².